The summed E-state index contributed by atoms with van der Waals surface area (Å²) in [6.07, 6.45) is 6.62. The summed E-state index contributed by atoms with van der Waals surface area (Å²) in [7, 11) is 0. The fourth-order valence-electron chi connectivity index (χ4n) is 3.31. The topological polar surface area (TPSA) is 91.6 Å². The average Bonchev–Trinajstić information content (AvgIpc) is 3.30. The van der Waals surface area contributed by atoms with Crippen LogP contribution in [0.5, 0.6) is 0 Å². The third kappa shape index (κ3) is 2.63. The van der Waals surface area contributed by atoms with Crippen LogP contribution in [0.2, 0.25) is 0 Å². The van der Waals surface area contributed by atoms with Crippen molar-refractivity contribution in [3.8, 4) is 11.1 Å². The molecule has 1 N–H and O–H groups in total. The van der Waals surface area contributed by atoms with Gasteiger partial charge in [-0.1, -0.05) is 0 Å². The lowest BCUT2D eigenvalue weighted by Gasteiger charge is -2.38. The Morgan fingerprint density at radius 2 is 2.00 bits per heavy atom. The quantitative estimate of drug-likeness (QED) is 0.906. The summed E-state index contributed by atoms with van der Waals surface area (Å²) in [4.78, 5) is 30.9. The summed E-state index contributed by atoms with van der Waals surface area (Å²) < 4.78 is 1.94. The van der Waals surface area contributed by atoms with E-state index in [1.807, 2.05) is 17.8 Å². The van der Waals surface area contributed by atoms with E-state index in [-0.39, 0.29) is 18.5 Å². The third-order valence-electron chi connectivity index (χ3n) is 4.68. The molecule has 0 bridgehead atoms. The predicted molar refractivity (Wildman–Crippen MR) is 91.7 cm³/mol. The summed E-state index contributed by atoms with van der Waals surface area (Å²) in [5.41, 5.74) is 2.10. The highest BCUT2D eigenvalue weighted by molar-refractivity contribution is 6.01. The molecule has 2 aliphatic rings. The fourth-order valence-corrected chi connectivity index (χ4v) is 3.31. The van der Waals surface area contributed by atoms with Crippen molar-refractivity contribution < 1.29 is 14.7 Å². The monoisotopic (exact) mass is 341 g/mol. The molecule has 1 saturated carbocycles. The first kappa shape index (κ1) is 15.6. The molecular formula is C17H19N5O3. The molecule has 0 radical (unpaired) electrons. The Balaban J connectivity index is 1.78. The molecule has 2 aromatic rings. The first-order valence-corrected chi connectivity index (χ1v) is 8.30. The van der Waals surface area contributed by atoms with E-state index < -0.39 is 6.09 Å². The van der Waals surface area contributed by atoms with Crippen LogP contribution in [0.1, 0.15) is 32.7 Å². The van der Waals surface area contributed by atoms with Gasteiger partial charge in [-0.3, -0.25) is 19.3 Å². The molecule has 8 heteroatoms. The van der Waals surface area contributed by atoms with Crippen LogP contribution in [-0.2, 0) is 4.79 Å². The molecule has 0 unspecified atom stereocenters. The Morgan fingerprint density at radius 3 is 2.64 bits per heavy atom. The number of nitrogens with zero attached hydrogens (tertiary/aromatic N) is 5. The van der Waals surface area contributed by atoms with Gasteiger partial charge in [0.15, 0.2) is 5.82 Å². The smallest absolute Gasteiger partial charge is 0.412 e. The fraction of sp³-hybridized carbons (Fsp3) is 0.412. The molecule has 1 atom stereocenters. The predicted octanol–water partition coefficient (Wildman–Crippen LogP) is 2.52. The van der Waals surface area contributed by atoms with Gasteiger partial charge < -0.3 is 5.11 Å². The minimum Gasteiger partial charge on any atom is -0.465 e. The van der Waals surface area contributed by atoms with Crippen LogP contribution in [0.15, 0.2) is 24.7 Å². The van der Waals surface area contributed by atoms with Gasteiger partial charge in [-0.05, 0) is 25.8 Å². The molecule has 1 aliphatic heterocycles. The molecule has 4 rings (SSSR count). The number of hydrogen-bond donors (Lipinski definition) is 1. The SMILES string of the molecule is CC(=O)N1c2ncc(-c3cnn(C4CC4)c3)cc2N(C(=O)O)C[C@@H]1C. The maximum absolute atomic E-state index is 12.0. The molecule has 1 fully saturated rings. The Kier molecular flexibility index (Phi) is 3.48. The summed E-state index contributed by atoms with van der Waals surface area (Å²) >= 11 is 0. The number of fused-ring (bicyclic) bond motifs is 1. The number of anilines is 2. The Hall–Kier alpha value is -2.90. The van der Waals surface area contributed by atoms with E-state index in [2.05, 4.69) is 10.1 Å². The van der Waals surface area contributed by atoms with E-state index >= 15 is 0 Å². The van der Waals surface area contributed by atoms with Crippen LogP contribution in [0, 0.1) is 0 Å². The molecular weight excluding hydrogens is 322 g/mol. The Bertz CT molecular complexity index is 858. The Labute approximate surface area is 144 Å². The van der Waals surface area contributed by atoms with Crippen LogP contribution in [0.3, 0.4) is 0 Å². The molecule has 2 amide bonds. The second-order valence-corrected chi connectivity index (χ2v) is 6.64. The summed E-state index contributed by atoms with van der Waals surface area (Å²) in [5.74, 6) is 0.229. The highest BCUT2D eigenvalue weighted by Gasteiger charge is 2.35. The van der Waals surface area contributed by atoms with E-state index in [0.29, 0.717) is 17.5 Å². The number of pyridine rings is 1. The number of aromatic nitrogens is 3. The van der Waals surface area contributed by atoms with Crippen LogP contribution in [0.4, 0.5) is 16.3 Å². The number of amides is 2. The van der Waals surface area contributed by atoms with Crippen molar-refractivity contribution in [3.63, 3.8) is 0 Å². The van der Waals surface area contributed by atoms with Crippen LogP contribution in [-0.4, -0.2) is 44.5 Å². The maximum atomic E-state index is 12.0. The molecule has 130 valence electrons. The van der Waals surface area contributed by atoms with Gasteiger partial charge in [0.25, 0.3) is 0 Å². The number of rotatable bonds is 2. The van der Waals surface area contributed by atoms with E-state index in [1.165, 1.54) is 11.8 Å². The molecule has 0 saturated heterocycles. The highest BCUT2D eigenvalue weighted by atomic mass is 16.4. The molecule has 0 spiro atoms. The highest BCUT2D eigenvalue weighted by Crippen LogP contribution is 2.38. The molecule has 2 aromatic heterocycles. The molecule has 0 aromatic carbocycles. The average molecular weight is 341 g/mol. The zero-order valence-electron chi connectivity index (χ0n) is 14.1. The second kappa shape index (κ2) is 5.58. The number of carbonyl (C=O) groups is 2. The number of hydrogen-bond acceptors (Lipinski definition) is 4. The van der Waals surface area contributed by atoms with E-state index in [0.717, 1.165) is 24.0 Å². The second-order valence-electron chi connectivity index (χ2n) is 6.64. The molecule has 25 heavy (non-hydrogen) atoms. The van der Waals surface area contributed by atoms with E-state index in [1.54, 1.807) is 23.4 Å². The third-order valence-corrected chi connectivity index (χ3v) is 4.68. The minimum absolute atomic E-state index is 0.152. The normalized spacial score (nSPS) is 19.7. The summed E-state index contributed by atoms with van der Waals surface area (Å²) in [6, 6.07) is 1.98. The zero-order chi connectivity index (χ0) is 17.7. The summed E-state index contributed by atoms with van der Waals surface area (Å²) in [6.45, 7) is 3.50. The lowest BCUT2D eigenvalue weighted by atomic mass is 10.1. The molecule has 1 aliphatic carbocycles. The van der Waals surface area contributed by atoms with Crippen LogP contribution in [0.25, 0.3) is 11.1 Å². The van der Waals surface area contributed by atoms with Crippen molar-refractivity contribution in [2.75, 3.05) is 16.3 Å². The standard InChI is InChI=1S/C17H19N5O3/c1-10-8-20(17(24)25)15-5-12(6-18-16(15)22(10)11(2)23)13-7-19-21(9-13)14-3-4-14/h5-7,9-10,14H,3-4,8H2,1-2H3,(H,24,25)/t10-/m0/s1. The van der Waals surface area contributed by atoms with E-state index in [9.17, 15) is 14.7 Å². The van der Waals surface area contributed by atoms with Crippen molar-refractivity contribution >= 4 is 23.5 Å². The van der Waals surface area contributed by atoms with Gasteiger partial charge in [0.1, 0.15) is 0 Å². The first-order valence-electron chi connectivity index (χ1n) is 8.30. The van der Waals surface area contributed by atoms with Crippen molar-refractivity contribution in [1.82, 2.24) is 14.8 Å². The largest absolute Gasteiger partial charge is 0.465 e. The van der Waals surface area contributed by atoms with Crippen molar-refractivity contribution in [3.05, 3.63) is 24.7 Å². The van der Waals surface area contributed by atoms with Crippen molar-refractivity contribution in [2.24, 2.45) is 0 Å². The van der Waals surface area contributed by atoms with E-state index in [4.69, 9.17) is 0 Å². The van der Waals surface area contributed by atoms with Gasteiger partial charge in [-0.2, -0.15) is 5.10 Å². The van der Waals surface area contributed by atoms with Gasteiger partial charge in [0.2, 0.25) is 5.91 Å². The van der Waals surface area contributed by atoms with Crippen LogP contribution >= 0.6 is 0 Å². The van der Waals surface area contributed by atoms with Crippen molar-refractivity contribution in [2.45, 2.75) is 38.8 Å². The lowest BCUT2D eigenvalue weighted by Crippen LogP contribution is -2.51. The summed E-state index contributed by atoms with van der Waals surface area (Å²) in [5, 5.41) is 13.9. The van der Waals surface area contributed by atoms with Gasteiger partial charge >= 0.3 is 6.09 Å². The first-order chi connectivity index (χ1) is 12.0. The Morgan fingerprint density at radius 1 is 1.24 bits per heavy atom. The minimum atomic E-state index is -1.05. The van der Waals surface area contributed by atoms with Gasteiger partial charge in [0.05, 0.1) is 30.5 Å². The number of carboxylic acid groups (broad SMARTS) is 1. The van der Waals surface area contributed by atoms with Gasteiger partial charge in [-0.15, -0.1) is 0 Å². The molecule has 3 heterocycles. The lowest BCUT2D eigenvalue weighted by molar-refractivity contribution is -0.117. The maximum Gasteiger partial charge on any atom is 0.412 e. The van der Waals surface area contributed by atoms with Gasteiger partial charge in [-0.25, -0.2) is 9.78 Å². The molecule has 8 nitrogen and oxygen atoms in total. The van der Waals surface area contributed by atoms with Crippen molar-refractivity contribution in [1.29, 1.82) is 0 Å². The van der Waals surface area contributed by atoms with Crippen LogP contribution < -0.4 is 9.80 Å². The zero-order valence-corrected chi connectivity index (χ0v) is 14.1. The number of carbonyl (C=O) groups excluding carboxylic acids is 1. The van der Waals surface area contributed by atoms with Gasteiger partial charge in [0, 0.05) is 30.4 Å².